The molecule has 0 aliphatic rings. The Kier molecular flexibility index (Phi) is 12.3. The number of nitrogens with one attached hydrogen (secondary N) is 1. The molecule has 0 unspecified atom stereocenters. The maximum absolute atomic E-state index is 5.37. The van der Waals surface area contributed by atoms with E-state index in [1.165, 1.54) is 5.57 Å². The fraction of sp³-hybridized carbons (Fsp3) is 0.833. The van der Waals surface area contributed by atoms with E-state index in [1.54, 1.807) is 7.11 Å². The van der Waals surface area contributed by atoms with Gasteiger partial charge >= 0.3 is 0 Å². The molecule has 0 bridgehead atoms. The molecule has 0 atom stereocenters. The molecule has 0 aromatic rings. The molecule has 0 spiro atoms. The van der Waals surface area contributed by atoms with Gasteiger partial charge in [-0.3, -0.25) is 0 Å². The van der Waals surface area contributed by atoms with E-state index < -0.39 is 0 Å². The van der Waals surface area contributed by atoms with Gasteiger partial charge in [0, 0.05) is 20.2 Å². The smallest absolute Gasteiger partial charge is 0.0701 e. The molecule has 0 fully saturated rings. The molecular formula is C12H25NO3. The monoisotopic (exact) mass is 231 g/mol. The molecule has 4 heteroatoms. The Morgan fingerprint density at radius 1 is 1.00 bits per heavy atom. The van der Waals surface area contributed by atoms with Crippen molar-refractivity contribution in [3.8, 4) is 0 Å². The normalized spacial score (nSPS) is 10.4. The lowest BCUT2D eigenvalue weighted by atomic mass is 10.3. The molecule has 1 N–H and O–H groups in total. The minimum Gasteiger partial charge on any atom is -0.382 e. The van der Waals surface area contributed by atoms with Crippen LogP contribution in [0, 0.1) is 0 Å². The Morgan fingerprint density at radius 3 is 2.25 bits per heavy atom. The molecule has 0 heterocycles. The van der Waals surface area contributed by atoms with Gasteiger partial charge in [-0.1, -0.05) is 11.6 Å². The van der Waals surface area contributed by atoms with Crippen molar-refractivity contribution in [3.05, 3.63) is 11.6 Å². The standard InChI is InChI=1S/C12H25NO3/c1-12(2)4-5-13-6-7-15-10-11-16-9-8-14-3/h4,13H,5-11H2,1-3H3. The van der Waals surface area contributed by atoms with E-state index in [4.69, 9.17) is 14.2 Å². The molecule has 0 aromatic heterocycles. The Bertz CT molecular complexity index is 168. The Labute approximate surface area is 99.0 Å². The molecule has 4 nitrogen and oxygen atoms in total. The van der Waals surface area contributed by atoms with Crippen LogP contribution in [0.25, 0.3) is 0 Å². The second kappa shape index (κ2) is 12.6. The van der Waals surface area contributed by atoms with E-state index in [1.807, 2.05) is 0 Å². The summed E-state index contributed by atoms with van der Waals surface area (Å²) in [5.74, 6) is 0. The van der Waals surface area contributed by atoms with Crippen molar-refractivity contribution in [1.82, 2.24) is 5.32 Å². The molecule has 0 radical (unpaired) electrons. The summed E-state index contributed by atoms with van der Waals surface area (Å²) in [7, 11) is 1.66. The Morgan fingerprint density at radius 2 is 1.62 bits per heavy atom. The summed E-state index contributed by atoms with van der Waals surface area (Å²) in [6.45, 7) is 9.27. The fourth-order valence-corrected chi connectivity index (χ4v) is 0.987. The largest absolute Gasteiger partial charge is 0.382 e. The second-order valence-electron chi connectivity index (χ2n) is 3.70. The maximum Gasteiger partial charge on any atom is 0.0701 e. The zero-order chi connectivity index (χ0) is 12.1. The van der Waals surface area contributed by atoms with Gasteiger partial charge in [0.2, 0.25) is 0 Å². The molecule has 0 saturated heterocycles. The van der Waals surface area contributed by atoms with Crippen molar-refractivity contribution in [1.29, 1.82) is 0 Å². The second-order valence-corrected chi connectivity index (χ2v) is 3.70. The first-order valence-corrected chi connectivity index (χ1v) is 5.76. The summed E-state index contributed by atoms with van der Waals surface area (Å²) in [6, 6.07) is 0. The van der Waals surface area contributed by atoms with Crippen LogP contribution in [0.15, 0.2) is 11.6 Å². The van der Waals surface area contributed by atoms with E-state index in [2.05, 4.69) is 25.2 Å². The van der Waals surface area contributed by atoms with Crippen molar-refractivity contribution in [2.24, 2.45) is 0 Å². The summed E-state index contributed by atoms with van der Waals surface area (Å²) in [5, 5.41) is 3.27. The van der Waals surface area contributed by atoms with Gasteiger partial charge < -0.3 is 19.5 Å². The molecule has 96 valence electrons. The van der Waals surface area contributed by atoms with Crippen molar-refractivity contribution in [3.63, 3.8) is 0 Å². The number of hydrogen-bond donors (Lipinski definition) is 1. The predicted molar refractivity (Wildman–Crippen MR) is 65.8 cm³/mol. The fourth-order valence-electron chi connectivity index (χ4n) is 0.987. The predicted octanol–water partition coefficient (Wildman–Crippen LogP) is 1.22. The van der Waals surface area contributed by atoms with Gasteiger partial charge in [-0.15, -0.1) is 0 Å². The average molecular weight is 231 g/mol. The zero-order valence-electron chi connectivity index (χ0n) is 10.8. The first kappa shape index (κ1) is 15.6. The van der Waals surface area contributed by atoms with Crippen molar-refractivity contribution < 1.29 is 14.2 Å². The molecule has 16 heavy (non-hydrogen) atoms. The number of ether oxygens (including phenoxy) is 3. The van der Waals surface area contributed by atoms with E-state index in [-0.39, 0.29) is 0 Å². The van der Waals surface area contributed by atoms with Gasteiger partial charge in [0.05, 0.1) is 33.0 Å². The third-order valence-corrected chi connectivity index (χ3v) is 1.88. The lowest BCUT2D eigenvalue weighted by Gasteiger charge is -2.05. The minimum absolute atomic E-state index is 0.636. The van der Waals surface area contributed by atoms with Gasteiger partial charge in [0.25, 0.3) is 0 Å². The summed E-state index contributed by atoms with van der Waals surface area (Å²) in [6.07, 6.45) is 2.16. The Balaban J connectivity index is 2.96. The maximum atomic E-state index is 5.37. The summed E-state index contributed by atoms with van der Waals surface area (Å²) >= 11 is 0. The van der Waals surface area contributed by atoms with Crippen LogP contribution >= 0.6 is 0 Å². The van der Waals surface area contributed by atoms with Crippen LogP contribution in [0.4, 0.5) is 0 Å². The van der Waals surface area contributed by atoms with Gasteiger partial charge in [0.1, 0.15) is 0 Å². The SMILES string of the molecule is COCCOCCOCCNCC=C(C)C. The van der Waals surface area contributed by atoms with Gasteiger partial charge in [-0.2, -0.15) is 0 Å². The summed E-state index contributed by atoms with van der Waals surface area (Å²) in [5.41, 5.74) is 1.33. The van der Waals surface area contributed by atoms with Gasteiger partial charge in [0.15, 0.2) is 0 Å². The molecule has 0 amide bonds. The van der Waals surface area contributed by atoms with Crippen LogP contribution < -0.4 is 5.32 Å². The van der Waals surface area contributed by atoms with E-state index in [0.29, 0.717) is 26.4 Å². The van der Waals surface area contributed by atoms with E-state index in [9.17, 15) is 0 Å². The molecule has 0 saturated carbocycles. The van der Waals surface area contributed by atoms with E-state index in [0.717, 1.165) is 19.7 Å². The lowest BCUT2D eigenvalue weighted by Crippen LogP contribution is -2.21. The van der Waals surface area contributed by atoms with Crippen molar-refractivity contribution >= 4 is 0 Å². The molecule has 0 aliphatic carbocycles. The highest BCUT2D eigenvalue weighted by molar-refractivity contribution is 4.94. The van der Waals surface area contributed by atoms with Crippen molar-refractivity contribution in [2.45, 2.75) is 13.8 Å². The topological polar surface area (TPSA) is 39.7 Å². The lowest BCUT2D eigenvalue weighted by molar-refractivity contribution is 0.0257. The molecule has 0 aliphatic heterocycles. The first-order chi connectivity index (χ1) is 7.77. The van der Waals surface area contributed by atoms with Crippen LogP contribution in [-0.4, -0.2) is 53.2 Å². The third kappa shape index (κ3) is 13.6. The Hall–Kier alpha value is -0.420. The highest BCUT2D eigenvalue weighted by atomic mass is 16.5. The van der Waals surface area contributed by atoms with Crippen LogP contribution in [0.2, 0.25) is 0 Å². The van der Waals surface area contributed by atoms with Crippen LogP contribution in [-0.2, 0) is 14.2 Å². The number of rotatable bonds is 11. The molecular weight excluding hydrogens is 206 g/mol. The minimum atomic E-state index is 0.636. The highest BCUT2D eigenvalue weighted by Gasteiger charge is 1.89. The quantitative estimate of drug-likeness (QED) is 0.429. The average Bonchev–Trinajstić information content (AvgIpc) is 2.25. The highest BCUT2D eigenvalue weighted by Crippen LogP contribution is 1.85. The first-order valence-electron chi connectivity index (χ1n) is 5.76. The number of hydrogen-bond acceptors (Lipinski definition) is 4. The van der Waals surface area contributed by atoms with Crippen LogP contribution in [0.5, 0.6) is 0 Å². The molecule has 0 rings (SSSR count). The van der Waals surface area contributed by atoms with Gasteiger partial charge in [-0.05, 0) is 13.8 Å². The number of methoxy groups -OCH3 is 1. The van der Waals surface area contributed by atoms with Crippen LogP contribution in [0.1, 0.15) is 13.8 Å². The van der Waals surface area contributed by atoms with E-state index >= 15 is 0 Å². The van der Waals surface area contributed by atoms with Crippen molar-refractivity contribution in [2.75, 3.05) is 53.2 Å². The zero-order valence-corrected chi connectivity index (χ0v) is 10.8. The molecule has 0 aromatic carbocycles. The summed E-state index contributed by atoms with van der Waals surface area (Å²) in [4.78, 5) is 0. The van der Waals surface area contributed by atoms with Gasteiger partial charge in [-0.25, -0.2) is 0 Å². The number of allylic oxidation sites excluding steroid dienone is 1. The van der Waals surface area contributed by atoms with Crippen LogP contribution in [0.3, 0.4) is 0 Å². The third-order valence-electron chi connectivity index (χ3n) is 1.88. The summed E-state index contributed by atoms with van der Waals surface area (Å²) < 4.78 is 15.5.